The second-order valence-electron chi connectivity index (χ2n) is 3.70. The molecule has 0 saturated carbocycles. The molecule has 1 atom stereocenters. The third kappa shape index (κ3) is 3.40. The third-order valence-corrected chi connectivity index (χ3v) is 2.76. The van der Waals surface area contributed by atoms with Crippen LogP contribution in [0, 0.1) is 0 Å². The highest BCUT2D eigenvalue weighted by Crippen LogP contribution is 2.21. The van der Waals surface area contributed by atoms with Gasteiger partial charge in [0.1, 0.15) is 0 Å². The number of halogens is 1. The first-order valence-corrected chi connectivity index (χ1v) is 5.29. The maximum Gasteiger partial charge on any atom is 0.0892 e. The minimum absolute atomic E-state index is 0.342. The SMILES string of the molecule is COCC(C)(O)Cc1ccccc1Br. The third-order valence-electron chi connectivity index (χ3n) is 1.98. The number of ether oxygens (including phenoxy) is 1. The monoisotopic (exact) mass is 258 g/mol. The largest absolute Gasteiger partial charge is 0.387 e. The van der Waals surface area contributed by atoms with Crippen LogP contribution in [-0.2, 0) is 11.2 Å². The minimum atomic E-state index is -0.807. The Morgan fingerprint density at radius 2 is 2.07 bits per heavy atom. The minimum Gasteiger partial charge on any atom is -0.387 e. The van der Waals surface area contributed by atoms with Gasteiger partial charge in [-0.25, -0.2) is 0 Å². The summed E-state index contributed by atoms with van der Waals surface area (Å²) in [5.74, 6) is 0. The molecule has 1 unspecified atom stereocenters. The summed E-state index contributed by atoms with van der Waals surface area (Å²) in [4.78, 5) is 0. The van der Waals surface area contributed by atoms with Crippen molar-refractivity contribution in [2.75, 3.05) is 13.7 Å². The Morgan fingerprint density at radius 1 is 1.43 bits per heavy atom. The van der Waals surface area contributed by atoms with Gasteiger partial charge in [0.15, 0.2) is 0 Å². The van der Waals surface area contributed by atoms with Gasteiger partial charge < -0.3 is 9.84 Å². The molecule has 0 fully saturated rings. The zero-order chi connectivity index (χ0) is 10.6. The maximum absolute atomic E-state index is 9.95. The molecule has 0 heterocycles. The molecule has 0 saturated heterocycles. The molecule has 0 aliphatic heterocycles. The van der Waals surface area contributed by atoms with Gasteiger partial charge in [-0.2, -0.15) is 0 Å². The molecule has 1 N–H and O–H groups in total. The molecule has 0 radical (unpaired) electrons. The number of benzene rings is 1. The molecular weight excluding hydrogens is 244 g/mol. The summed E-state index contributed by atoms with van der Waals surface area (Å²) in [5, 5.41) is 9.95. The number of rotatable bonds is 4. The molecule has 1 rings (SSSR count). The first-order chi connectivity index (χ1) is 6.55. The van der Waals surface area contributed by atoms with Crippen molar-refractivity contribution in [2.24, 2.45) is 0 Å². The summed E-state index contributed by atoms with van der Waals surface area (Å²) in [6, 6.07) is 7.88. The molecule has 2 nitrogen and oxygen atoms in total. The summed E-state index contributed by atoms with van der Waals surface area (Å²) in [6.07, 6.45) is 0.586. The van der Waals surface area contributed by atoms with E-state index in [0.717, 1.165) is 10.0 Å². The molecule has 78 valence electrons. The highest BCUT2D eigenvalue weighted by atomic mass is 79.9. The highest BCUT2D eigenvalue weighted by molar-refractivity contribution is 9.10. The summed E-state index contributed by atoms with van der Waals surface area (Å²) < 4.78 is 5.98. The Balaban J connectivity index is 2.73. The first-order valence-electron chi connectivity index (χ1n) is 4.50. The zero-order valence-electron chi connectivity index (χ0n) is 8.46. The van der Waals surface area contributed by atoms with Gasteiger partial charge in [0.2, 0.25) is 0 Å². The molecule has 14 heavy (non-hydrogen) atoms. The molecule has 0 aliphatic rings. The molecule has 0 spiro atoms. The number of methoxy groups -OCH3 is 1. The Hall–Kier alpha value is -0.380. The van der Waals surface area contributed by atoms with Gasteiger partial charge in [-0.15, -0.1) is 0 Å². The van der Waals surface area contributed by atoms with E-state index < -0.39 is 5.60 Å². The van der Waals surface area contributed by atoms with Crippen molar-refractivity contribution in [1.29, 1.82) is 0 Å². The van der Waals surface area contributed by atoms with Gasteiger partial charge in [0.05, 0.1) is 12.2 Å². The second-order valence-corrected chi connectivity index (χ2v) is 4.55. The van der Waals surface area contributed by atoms with Crippen molar-refractivity contribution >= 4 is 15.9 Å². The van der Waals surface area contributed by atoms with E-state index in [2.05, 4.69) is 15.9 Å². The molecule has 0 aliphatic carbocycles. The number of hydrogen-bond acceptors (Lipinski definition) is 2. The van der Waals surface area contributed by atoms with Crippen LogP contribution in [0.5, 0.6) is 0 Å². The average Bonchev–Trinajstić information content (AvgIpc) is 2.08. The van der Waals surface area contributed by atoms with E-state index in [1.165, 1.54) is 0 Å². The predicted molar refractivity (Wildman–Crippen MR) is 60.3 cm³/mol. The van der Waals surface area contributed by atoms with E-state index in [9.17, 15) is 5.11 Å². The van der Waals surface area contributed by atoms with Crippen LogP contribution < -0.4 is 0 Å². The Labute approximate surface area is 93.0 Å². The number of hydrogen-bond donors (Lipinski definition) is 1. The van der Waals surface area contributed by atoms with Crippen LogP contribution in [0.25, 0.3) is 0 Å². The molecule has 1 aromatic rings. The van der Waals surface area contributed by atoms with E-state index in [4.69, 9.17) is 4.74 Å². The molecule has 1 aromatic carbocycles. The van der Waals surface area contributed by atoms with E-state index in [1.807, 2.05) is 24.3 Å². The maximum atomic E-state index is 9.95. The topological polar surface area (TPSA) is 29.5 Å². The van der Waals surface area contributed by atoms with Crippen LogP contribution in [-0.4, -0.2) is 24.4 Å². The van der Waals surface area contributed by atoms with Crippen LogP contribution >= 0.6 is 15.9 Å². The fraction of sp³-hybridized carbons (Fsp3) is 0.455. The Bertz CT molecular complexity index is 297. The predicted octanol–water partition coefficient (Wildman–Crippen LogP) is 2.39. The van der Waals surface area contributed by atoms with E-state index in [1.54, 1.807) is 14.0 Å². The van der Waals surface area contributed by atoms with E-state index in [-0.39, 0.29) is 0 Å². The lowest BCUT2D eigenvalue weighted by Crippen LogP contribution is -2.32. The molecule has 0 amide bonds. The van der Waals surface area contributed by atoms with Gasteiger partial charge >= 0.3 is 0 Å². The van der Waals surface area contributed by atoms with Crippen LogP contribution in [0.3, 0.4) is 0 Å². The first kappa shape index (κ1) is 11.7. The van der Waals surface area contributed by atoms with Gasteiger partial charge in [0, 0.05) is 18.0 Å². The Kier molecular flexibility index (Phi) is 4.11. The molecule has 0 aromatic heterocycles. The summed E-state index contributed by atoms with van der Waals surface area (Å²) >= 11 is 3.45. The fourth-order valence-electron chi connectivity index (χ4n) is 1.41. The summed E-state index contributed by atoms with van der Waals surface area (Å²) in [6.45, 7) is 2.12. The van der Waals surface area contributed by atoms with Crippen molar-refractivity contribution in [3.05, 3.63) is 34.3 Å². The lowest BCUT2D eigenvalue weighted by molar-refractivity contribution is -0.0162. The van der Waals surface area contributed by atoms with Crippen molar-refractivity contribution in [1.82, 2.24) is 0 Å². The van der Waals surface area contributed by atoms with Crippen LogP contribution in [0.2, 0.25) is 0 Å². The van der Waals surface area contributed by atoms with Gasteiger partial charge in [-0.1, -0.05) is 34.1 Å². The highest BCUT2D eigenvalue weighted by Gasteiger charge is 2.21. The van der Waals surface area contributed by atoms with Crippen molar-refractivity contribution in [2.45, 2.75) is 18.9 Å². The average molecular weight is 259 g/mol. The van der Waals surface area contributed by atoms with Crippen molar-refractivity contribution < 1.29 is 9.84 Å². The lowest BCUT2D eigenvalue weighted by atomic mass is 9.97. The van der Waals surface area contributed by atoms with Crippen molar-refractivity contribution in [3.8, 4) is 0 Å². The van der Waals surface area contributed by atoms with Gasteiger partial charge in [0.25, 0.3) is 0 Å². The number of aliphatic hydroxyl groups is 1. The molecule has 0 bridgehead atoms. The normalized spacial score (nSPS) is 15.1. The lowest BCUT2D eigenvalue weighted by Gasteiger charge is -2.22. The van der Waals surface area contributed by atoms with Crippen LogP contribution in [0.15, 0.2) is 28.7 Å². The standard InChI is InChI=1S/C11H15BrO2/c1-11(13,8-14-2)7-9-5-3-4-6-10(9)12/h3-6,13H,7-8H2,1-2H3. The summed E-state index contributed by atoms with van der Waals surface area (Å²) in [5.41, 5.74) is 0.285. The fourth-order valence-corrected chi connectivity index (χ4v) is 1.84. The molecule has 3 heteroatoms. The van der Waals surface area contributed by atoms with Gasteiger partial charge in [-0.3, -0.25) is 0 Å². The van der Waals surface area contributed by atoms with Crippen molar-refractivity contribution in [3.63, 3.8) is 0 Å². The van der Waals surface area contributed by atoms with Crippen LogP contribution in [0.1, 0.15) is 12.5 Å². The van der Waals surface area contributed by atoms with E-state index in [0.29, 0.717) is 13.0 Å². The zero-order valence-corrected chi connectivity index (χ0v) is 10.0. The van der Waals surface area contributed by atoms with E-state index >= 15 is 0 Å². The quantitative estimate of drug-likeness (QED) is 0.899. The van der Waals surface area contributed by atoms with Gasteiger partial charge in [-0.05, 0) is 18.6 Å². The van der Waals surface area contributed by atoms with Crippen LogP contribution in [0.4, 0.5) is 0 Å². The second kappa shape index (κ2) is 4.91. The Morgan fingerprint density at radius 3 is 2.64 bits per heavy atom. The summed E-state index contributed by atoms with van der Waals surface area (Å²) in [7, 11) is 1.59. The smallest absolute Gasteiger partial charge is 0.0892 e. The molecular formula is C11H15BrO2.